The van der Waals surface area contributed by atoms with E-state index in [2.05, 4.69) is 26.2 Å². The molecule has 1 atom stereocenters. The van der Waals surface area contributed by atoms with E-state index < -0.39 is 0 Å². The maximum Gasteiger partial charge on any atom is 0.254 e. The van der Waals surface area contributed by atoms with Gasteiger partial charge in [0.1, 0.15) is 5.15 Å². The summed E-state index contributed by atoms with van der Waals surface area (Å²) in [5, 5.41) is 3.11. The molecule has 1 amide bonds. The minimum Gasteiger partial charge on any atom is -0.345 e. The van der Waals surface area contributed by atoms with Gasteiger partial charge in [0.25, 0.3) is 5.91 Å². The van der Waals surface area contributed by atoms with Gasteiger partial charge in [-0.25, -0.2) is 4.98 Å². The molecule has 0 radical (unpaired) electrons. The maximum absolute atomic E-state index is 12.1. The van der Waals surface area contributed by atoms with Gasteiger partial charge in [-0.05, 0) is 36.8 Å². The van der Waals surface area contributed by atoms with Crippen LogP contribution in [-0.2, 0) is 0 Å². The standard InChI is InChI=1S/C14H12BrClN2O/c1-9(10-4-6-11(15)7-5-10)18-14(19)12-3-2-8-17-13(12)16/h2-9H,1H3,(H,18,19)/t9-/m1/s1. The zero-order valence-corrected chi connectivity index (χ0v) is 12.6. The molecule has 5 heteroatoms. The van der Waals surface area contributed by atoms with E-state index in [0.29, 0.717) is 5.56 Å². The van der Waals surface area contributed by atoms with Crippen molar-refractivity contribution in [3.05, 3.63) is 63.3 Å². The zero-order valence-electron chi connectivity index (χ0n) is 10.2. The van der Waals surface area contributed by atoms with E-state index in [1.165, 1.54) is 0 Å². The van der Waals surface area contributed by atoms with Crippen LogP contribution in [0.3, 0.4) is 0 Å². The van der Waals surface area contributed by atoms with E-state index in [-0.39, 0.29) is 17.1 Å². The van der Waals surface area contributed by atoms with Gasteiger partial charge in [0.2, 0.25) is 0 Å². The number of aromatic nitrogens is 1. The van der Waals surface area contributed by atoms with Crippen LogP contribution in [0.2, 0.25) is 5.15 Å². The number of rotatable bonds is 3. The van der Waals surface area contributed by atoms with Crippen molar-refractivity contribution < 1.29 is 4.79 Å². The lowest BCUT2D eigenvalue weighted by Crippen LogP contribution is -2.27. The Kier molecular flexibility index (Phi) is 4.56. The fourth-order valence-electron chi connectivity index (χ4n) is 1.66. The monoisotopic (exact) mass is 338 g/mol. The number of hydrogen-bond acceptors (Lipinski definition) is 2. The Hall–Kier alpha value is -1.39. The summed E-state index contributed by atoms with van der Waals surface area (Å²) in [6.45, 7) is 1.92. The van der Waals surface area contributed by atoms with Crippen molar-refractivity contribution in [1.82, 2.24) is 10.3 Å². The van der Waals surface area contributed by atoms with Crippen LogP contribution >= 0.6 is 27.5 Å². The van der Waals surface area contributed by atoms with Gasteiger partial charge in [-0.15, -0.1) is 0 Å². The van der Waals surface area contributed by atoms with Gasteiger partial charge in [-0.2, -0.15) is 0 Å². The number of hydrogen-bond donors (Lipinski definition) is 1. The third kappa shape index (κ3) is 3.55. The van der Waals surface area contributed by atoms with Crippen molar-refractivity contribution in [2.45, 2.75) is 13.0 Å². The normalized spacial score (nSPS) is 11.9. The Morgan fingerprint density at radius 2 is 2.00 bits per heavy atom. The van der Waals surface area contributed by atoms with Crippen molar-refractivity contribution in [2.24, 2.45) is 0 Å². The molecular formula is C14H12BrClN2O. The summed E-state index contributed by atoms with van der Waals surface area (Å²) >= 11 is 9.27. The fraction of sp³-hybridized carbons (Fsp3) is 0.143. The van der Waals surface area contributed by atoms with Gasteiger partial charge in [0.15, 0.2) is 0 Å². The average molecular weight is 340 g/mol. The summed E-state index contributed by atoms with van der Waals surface area (Å²) < 4.78 is 1.00. The molecule has 0 saturated heterocycles. The highest BCUT2D eigenvalue weighted by Gasteiger charge is 2.14. The van der Waals surface area contributed by atoms with Crippen LogP contribution in [0.4, 0.5) is 0 Å². The number of carbonyl (C=O) groups is 1. The third-order valence-corrected chi connectivity index (χ3v) is 3.55. The molecule has 0 fully saturated rings. The van der Waals surface area contributed by atoms with Gasteiger partial charge in [0.05, 0.1) is 11.6 Å². The summed E-state index contributed by atoms with van der Waals surface area (Å²) in [6, 6.07) is 11.0. The molecule has 1 heterocycles. The first-order valence-corrected chi connectivity index (χ1v) is 6.92. The van der Waals surface area contributed by atoms with E-state index in [4.69, 9.17) is 11.6 Å². The van der Waals surface area contributed by atoms with Crippen LogP contribution in [0.15, 0.2) is 47.1 Å². The molecular weight excluding hydrogens is 328 g/mol. The van der Waals surface area contributed by atoms with Crippen LogP contribution in [0.1, 0.15) is 28.9 Å². The third-order valence-electron chi connectivity index (χ3n) is 2.72. The molecule has 0 bridgehead atoms. The average Bonchev–Trinajstić information content (AvgIpc) is 2.39. The molecule has 2 aromatic rings. The number of carbonyl (C=O) groups excluding carboxylic acids is 1. The zero-order chi connectivity index (χ0) is 13.8. The second kappa shape index (κ2) is 6.17. The Morgan fingerprint density at radius 1 is 1.32 bits per heavy atom. The van der Waals surface area contributed by atoms with Gasteiger partial charge in [0, 0.05) is 10.7 Å². The molecule has 0 saturated carbocycles. The predicted octanol–water partition coefficient (Wildman–Crippen LogP) is 3.99. The van der Waals surface area contributed by atoms with Crippen molar-refractivity contribution in [3.8, 4) is 0 Å². The summed E-state index contributed by atoms with van der Waals surface area (Å²) in [4.78, 5) is 16.0. The molecule has 1 aromatic carbocycles. The second-order valence-electron chi connectivity index (χ2n) is 4.09. The molecule has 2 rings (SSSR count). The first-order chi connectivity index (χ1) is 9.08. The SMILES string of the molecule is C[C@@H](NC(=O)c1cccnc1Cl)c1ccc(Br)cc1. The van der Waals surface area contributed by atoms with Gasteiger partial charge < -0.3 is 5.32 Å². The molecule has 98 valence electrons. The lowest BCUT2D eigenvalue weighted by atomic mass is 10.1. The summed E-state index contributed by atoms with van der Waals surface area (Å²) in [5.41, 5.74) is 1.41. The van der Waals surface area contributed by atoms with E-state index in [1.54, 1.807) is 18.3 Å². The number of nitrogens with one attached hydrogen (secondary N) is 1. The number of pyridine rings is 1. The van der Waals surface area contributed by atoms with Crippen LogP contribution in [0, 0.1) is 0 Å². The van der Waals surface area contributed by atoms with Crippen LogP contribution in [0.5, 0.6) is 0 Å². The van der Waals surface area contributed by atoms with Crippen molar-refractivity contribution in [2.75, 3.05) is 0 Å². The Morgan fingerprint density at radius 3 is 2.63 bits per heavy atom. The highest BCUT2D eigenvalue weighted by Crippen LogP contribution is 2.18. The first-order valence-electron chi connectivity index (χ1n) is 5.75. The smallest absolute Gasteiger partial charge is 0.254 e. The fourth-order valence-corrected chi connectivity index (χ4v) is 2.13. The lowest BCUT2D eigenvalue weighted by molar-refractivity contribution is 0.0939. The van der Waals surface area contributed by atoms with Crippen molar-refractivity contribution in [1.29, 1.82) is 0 Å². The van der Waals surface area contributed by atoms with Gasteiger partial charge in [-0.3, -0.25) is 4.79 Å². The minimum atomic E-state index is -0.228. The molecule has 0 aliphatic rings. The largest absolute Gasteiger partial charge is 0.345 e. The number of amides is 1. The molecule has 19 heavy (non-hydrogen) atoms. The minimum absolute atomic E-state index is 0.100. The van der Waals surface area contributed by atoms with Crippen molar-refractivity contribution >= 4 is 33.4 Å². The molecule has 0 aliphatic heterocycles. The number of nitrogens with zero attached hydrogens (tertiary/aromatic N) is 1. The van der Waals surface area contributed by atoms with E-state index >= 15 is 0 Å². The van der Waals surface area contributed by atoms with Gasteiger partial charge >= 0.3 is 0 Å². The van der Waals surface area contributed by atoms with Gasteiger partial charge in [-0.1, -0.05) is 39.7 Å². The summed E-state index contributed by atoms with van der Waals surface area (Å²) in [5.74, 6) is -0.228. The first kappa shape index (κ1) is 14.0. The number of benzene rings is 1. The van der Waals surface area contributed by atoms with Crippen LogP contribution < -0.4 is 5.32 Å². The topological polar surface area (TPSA) is 42.0 Å². The molecule has 1 N–H and O–H groups in total. The summed E-state index contributed by atoms with van der Waals surface area (Å²) in [6.07, 6.45) is 1.55. The maximum atomic E-state index is 12.1. The summed E-state index contributed by atoms with van der Waals surface area (Å²) in [7, 11) is 0. The van der Waals surface area contributed by atoms with E-state index in [9.17, 15) is 4.79 Å². The second-order valence-corrected chi connectivity index (χ2v) is 5.36. The van der Waals surface area contributed by atoms with E-state index in [0.717, 1.165) is 10.0 Å². The highest BCUT2D eigenvalue weighted by atomic mass is 79.9. The molecule has 0 spiro atoms. The molecule has 0 unspecified atom stereocenters. The Bertz CT molecular complexity index is 586. The number of halogens is 2. The van der Waals surface area contributed by atoms with Crippen molar-refractivity contribution in [3.63, 3.8) is 0 Å². The Balaban J connectivity index is 2.11. The Labute approximate surface area is 125 Å². The van der Waals surface area contributed by atoms with Crippen LogP contribution in [0.25, 0.3) is 0 Å². The predicted molar refractivity (Wildman–Crippen MR) is 79.3 cm³/mol. The van der Waals surface area contributed by atoms with E-state index in [1.807, 2.05) is 31.2 Å². The quantitative estimate of drug-likeness (QED) is 0.859. The molecule has 3 nitrogen and oxygen atoms in total. The molecule has 1 aromatic heterocycles. The molecule has 0 aliphatic carbocycles. The lowest BCUT2D eigenvalue weighted by Gasteiger charge is -2.14. The highest BCUT2D eigenvalue weighted by molar-refractivity contribution is 9.10. The van der Waals surface area contributed by atoms with Crippen LogP contribution in [-0.4, -0.2) is 10.9 Å².